The molecule has 32 heavy (non-hydrogen) atoms. The van der Waals surface area contributed by atoms with E-state index in [1.165, 1.54) is 25.2 Å². The molecule has 0 radical (unpaired) electrons. The maximum absolute atomic E-state index is 12.8. The van der Waals surface area contributed by atoms with Crippen molar-refractivity contribution >= 4 is 46.0 Å². The number of benzene rings is 2. The second-order valence-corrected chi connectivity index (χ2v) is 8.29. The third kappa shape index (κ3) is 4.76. The summed E-state index contributed by atoms with van der Waals surface area (Å²) >= 11 is 1.33. The lowest BCUT2D eigenvalue weighted by Gasteiger charge is -2.32. The largest absolute Gasteiger partial charge is 0.326 e. The fourth-order valence-corrected chi connectivity index (χ4v) is 4.39. The molecule has 4 rings (SSSR count). The summed E-state index contributed by atoms with van der Waals surface area (Å²) in [5.74, 6) is -0.461. The fourth-order valence-electron chi connectivity index (χ4n) is 3.65. The molecule has 0 saturated heterocycles. The first-order valence-corrected chi connectivity index (χ1v) is 11.0. The van der Waals surface area contributed by atoms with Crippen LogP contribution >= 0.6 is 11.3 Å². The molecule has 1 aliphatic rings. The predicted molar refractivity (Wildman–Crippen MR) is 126 cm³/mol. The van der Waals surface area contributed by atoms with Gasteiger partial charge in [0.15, 0.2) is 5.13 Å². The van der Waals surface area contributed by atoms with E-state index in [2.05, 4.69) is 15.6 Å². The molecule has 7 nitrogen and oxygen atoms in total. The van der Waals surface area contributed by atoms with Crippen LogP contribution in [-0.4, -0.2) is 27.6 Å². The van der Waals surface area contributed by atoms with E-state index < -0.39 is 0 Å². The highest BCUT2D eigenvalue weighted by Crippen LogP contribution is 2.33. The molecular weight excluding hydrogens is 424 g/mol. The van der Waals surface area contributed by atoms with Gasteiger partial charge in [-0.15, -0.1) is 11.3 Å². The summed E-state index contributed by atoms with van der Waals surface area (Å²) in [6, 6.07) is 14.7. The van der Waals surface area contributed by atoms with Crippen LogP contribution in [0.2, 0.25) is 0 Å². The van der Waals surface area contributed by atoms with E-state index in [1.807, 2.05) is 47.9 Å². The molecular formula is C24H22N4O3S. The Labute approximate surface area is 189 Å². The van der Waals surface area contributed by atoms with Gasteiger partial charge in [-0.25, -0.2) is 4.98 Å². The molecule has 1 atom stereocenters. The zero-order valence-electron chi connectivity index (χ0n) is 17.7. The van der Waals surface area contributed by atoms with E-state index in [1.54, 1.807) is 23.2 Å². The number of anilines is 2. The molecule has 3 amide bonds. The molecule has 0 fully saturated rings. The molecule has 2 aromatic carbocycles. The van der Waals surface area contributed by atoms with Crippen molar-refractivity contribution in [3.63, 3.8) is 0 Å². The first kappa shape index (κ1) is 21.5. The van der Waals surface area contributed by atoms with Gasteiger partial charge in [0.25, 0.3) is 0 Å². The van der Waals surface area contributed by atoms with Gasteiger partial charge in [0.1, 0.15) is 0 Å². The van der Waals surface area contributed by atoms with Crippen LogP contribution in [0.4, 0.5) is 10.8 Å². The van der Waals surface area contributed by atoms with Crippen LogP contribution in [0.5, 0.6) is 0 Å². The lowest BCUT2D eigenvalue weighted by Crippen LogP contribution is -2.33. The monoisotopic (exact) mass is 446 g/mol. The first-order valence-electron chi connectivity index (χ1n) is 10.1. The zero-order chi connectivity index (χ0) is 22.7. The Morgan fingerprint density at radius 1 is 1.03 bits per heavy atom. The van der Waals surface area contributed by atoms with Crippen molar-refractivity contribution in [1.82, 2.24) is 9.88 Å². The topological polar surface area (TPSA) is 91.4 Å². The maximum Gasteiger partial charge on any atom is 0.228 e. The Kier molecular flexibility index (Phi) is 6.13. The first-order chi connectivity index (χ1) is 15.4. The van der Waals surface area contributed by atoms with Gasteiger partial charge in [-0.05, 0) is 29.3 Å². The second kappa shape index (κ2) is 9.15. The summed E-state index contributed by atoms with van der Waals surface area (Å²) in [4.78, 5) is 42.2. The summed E-state index contributed by atoms with van der Waals surface area (Å²) in [7, 11) is 0. The van der Waals surface area contributed by atoms with E-state index >= 15 is 0 Å². The van der Waals surface area contributed by atoms with Crippen molar-refractivity contribution in [2.45, 2.75) is 26.3 Å². The smallest absolute Gasteiger partial charge is 0.228 e. The van der Waals surface area contributed by atoms with E-state index in [-0.39, 0.29) is 30.2 Å². The van der Waals surface area contributed by atoms with Gasteiger partial charge in [-0.2, -0.15) is 0 Å². The maximum atomic E-state index is 12.8. The van der Waals surface area contributed by atoms with E-state index in [0.717, 1.165) is 22.4 Å². The molecule has 0 saturated carbocycles. The van der Waals surface area contributed by atoms with E-state index in [4.69, 9.17) is 0 Å². The molecule has 0 bridgehead atoms. The lowest BCUT2D eigenvalue weighted by molar-refractivity contribution is -0.129. The number of rotatable bonds is 5. The summed E-state index contributed by atoms with van der Waals surface area (Å²) in [6.07, 6.45) is 3.74. The minimum absolute atomic E-state index is 0.118. The minimum atomic E-state index is -0.366. The predicted octanol–water partition coefficient (Wildman–Crippen LogP) is 4.67. The van der Waals surface area contributed by atoms with Crippen LogP contribution in [0.25, 0.3) is 17.3 Å². The standard InChI is InChI=1S/C24H22N4O3S/c1-15(29)25-19-9-7-18(8-10-19)21-14-32-24(26-21)27-23(31)13-22-20-6-4-3-5-17(20)11-12-28(22)16(2)30/h3-12,14,22H,13H2,1-2H3,(H,25,29)(H,26,27,31). The van der Waals surface area contributed by atoms with Gasteiger partial charge >= 0.3 is 0 Å². The number of nitrogens with one attached hydrogen (secondary N) is 2. The quantitative estimate of drug-likeness (QED) is 0.596. The second-order valence-electron chi connectivity index (χ2n) is 7.44. The number of hydrogen-bond donors (Lipinski definition) is 2. The molecule has 0 spiro atoms. The van der Waals surface area contributed by atoms with Crippen molar-refractivity contribution in [2.24, 2.45) is 0 Å². The Hall–Kier alpha value is -3.78. The molecule has 0 aliphatic carbocycles. The Morgan fingerprint density at radius 2 is 1.78 bits per heavy atom. The highest BCUT2D eigenvalue weighted by atomic mass is 32.1. The van der Waals surface area contributed by atoms with Gasteiger partial charge in [0.2, 0.25) is 17.7 Å². The Balaban J connectivity index is 1.45. The number of thiazole rings is 1. The zero-order valence-corrected chi connectivity index (χ0v) is 18.5. The van der Waals surface area contributed by atoms with Crippen molar-refractivity contribution in [3.05, 3.63) is 71.2 Å². The van der Waals surface area contributed by atoms with Crippen molar-refractivity contribution in [3.8, 4) is 11.3 Å². The number of carbonyl (C=O) groups is 3. The van der Waals surface area contributed by atoms with Gasteiger partial charge < -0.3 is 15.5 Å². The van der Waals surface area contributed by atoms with Crippen molar-refractivity contribution in [2.75, 3.05) is 10.6 Å². The molecule has 1 aromatic heterocycles. The Morgan fingerprint density at radius 3 is 2.50 bits per heavy atom. The summed E-state index contributed by atoms with van der Waals surface area (Å²) in [6.45, 7) is 2.95. The Bertz CT molecular complexity index is 1200. The minimum Gasteiger partial charge on any atom is -0.326 e. The van der Waals surface area contributed by atoms with E-state index in [0.29, 0.717) is 10.8 Å². The van der Waals surface area contributed by atoms with Gasteiger partial charge in [0.05, 0.1) is 18.2 Å². The van der Waals surface area contributed by atoms with Crippen LogP contribution in [0.1, 0.15) is 37.4 Å². The van der Waals surface area contributed by atoms with Crippen LogP contribution in [-0.2, 0) is 14.4 Å². The molecule has 1 unspecified atom stereocenters. The molecule has 2 N–H and O–H groups in total. The van der Waals surface area contributed by atoms with Crippen LogP contribution < -0.4 is 10.6 Å². The number of carbonyl (C=O) groups excluding carboxylic acids is 3. The molecule has 2 heterocycles. The fraction of sp³-hybridized carbons (Fsp3) is 0.167. The van der Waals surface area contributed by atoms with Crippen LogP contribution in [0.3, 0.4) is 0 Å². The molecule has 162 valence electrons. The van der Waals surface area contributed by atoms with Crippen LogP contribution in [0, 0.1) is 0 Å². The van der Waals surface area contributed by atoms with Crippen LogP contribution in [0.15, 0.2) is 60.1 Å². The number of fused-ring (bicyclic) bond motifs is 1. The third-order valence-corrected chi connectivity index (χ3v) is 5.86. The molecule has 8 heteroatoms. The summed E-state index contributed by atoms with van der Waals surface area (Å²) < 4.78 is 0. The number of hydrogen-bond acceptors (Lipinski definition) is 5. The lowest BCUT2D eigenvalue weighted by atomic mass is 9.93. The van der Waals surface area contributed by atoms with Crippen molar-refractivity contribution in [1.29, 1.82) is 0 Å². The SMILES string of the molecule is CC(=O)Nc1ccc(-c2csc(NC(=O)CC3c4ccccc4C=CN3C(C)=O)n2)cc1. The van der Waals surface area contributed by atoms with Crippen molar-refractivity contribution < 1.29 is 14.4 Å². The number of aromatic nitrogens is 1. The van der Waals surface area contributed by atoms with E-state index in [9.17, 15) is 14.4 Å². The number of amides is 3. The highest BCUT2D eigenvalue weighted by Gasteiger charge is 2.28. The normalized spacial score (nSPS) is 14.6. The average Bonchev–Trinajstić information content (AvgIpc) is 3.22. The highest BCUT2D eigenvalue weighted by molar-refractivity contribution is 7.14. The van der Waals surface area contributed by atoms with Gasteiger partial charge in [0, 0.05) is 36.7 Å². The van der Waals surface area contributed by atoms with Gasteiger partial charge in [-0.3, -0.25) is 14.4 Å². The summed E-state index contributed by atoms with van der Waals surface area (Å²) in [5.41, 5.74) is 4.27. The third-order valence-electron chi connectivity index (χ3n) is 5.10. The number of nitrogens with zero attached hydrogens (tertiary/aromatic N) is 2. The average molecular weight is 447 g/mol. The summed E-state index contributed by atoms with van der Waals surface area (Å²) in [5, 5.41) is 7.94. The molecule has 3 aromatic rings. The molecule has 1 aliphatic heterocycles. The van der Waals surface area contributed by atoms with Gasteiger partial charge in [-0.1, -0.05) is 36.4 Å².